The summed E-state index contributed by atoms with van der Waals surface area (Å²) in [5.74, 6) is -0.537. The first-order valence-electron chi connectivity index (χ1n) is 9.05. The summed E-state index contributed by atoms with van der Waals surface area (Å²) in [6.07, 6.45) is -0.736. The minimum atomic E-state index is -4.70. The molecule has 1 fully saturated rings. The van der Waals surface area contributed by atoms with Crippen molar-refractivity contribution < 1.29 is 22.4 Å². The van der Waals surface area contributed by atoms with E-state index < -0.39 is 23.6 Å². The number of alkyl halides is 3. The fourth-order valence-corrected chi connectivity index (χ4v) is 2.96. The van der Waals surface area contributed by atoms with Crippen LogP contribution in [0.15, 0.2) is 30.5 Å². The predicted molar refractivity (Wildman–Crippen MR) is 100 cm³/mol. The molecule has 3 rings (SSSR count). The Balaban J connectivity index is 1.46. The SMILES string of the molecule is O=C(NCCNc1cc(N2CCCC2)cnn1)Nc1cc(F)cc(C(F)(F)F)c1. The van der Waals surface area contributed by atoms with Gasteiger partial charge in [-0.15, -0.1) is 5.10 Å². The lowest BCUT2D eigenvalue weighted by Crippen LogP contribution is -2.32. The van der Waals surface area contributed by atoms with Crippen molar-refractivity contribution in [2.75, 3.05) is 41.7 Å². The van der Waals surface area contributed by atoms with Crippen molar-refractivity contribution in [1.82, 2.24) is 15.5 Å². The Bertz CT molecular complexity index is 854. The van der Waals surface area contributed by atoms with Gasteiger partial charge in [0.05, 0.1) is 17.4 Å². The molecular weight excluding hydrogens is 392 g/mol. The van der Waals surface area contributed by atoms with E-state index in [1.807, 2.05) is 6.07 Å². The highest BCUT2D eigenvalue weighted by atomic mass is 19.4. The van der Waals surface area contributed by atoms with Crippen LogP contribution in [-0.4, -0.2) is 42.4 Å². The molecule has 2 heterocycles. The maximum Gasteiger partial charge on any atom is 0.416 e. The van der Waals surface area contributed by atoms with Crippen LogP contribution in [0, 0.1) is 5.82 Å². The Morgan fingerprint density at radius 3 is 2.59 bits per heavy atom. The van der Waals surface area contributed by atoms with Gasteiger partial charge in [-0.25, -0.2) is 9.18 Å². The molecule has 0 bridgehead atoms. The summed E-state index contributed by atoms with van der Waals surface area (Å²) in [7, 11) is 0. The Morgan fingerprint density at radius 2 is 1.86 bits per heavy atom. The molecule has 0 spiro atoms. The van der Waals surface area contributed by atoms with Gasteiger partial charge in [-0.2, -0.15) is 18.3 Å². The second kappa shape index (κ2) is 8.93. The number of carbonyl (C=O) groups excluding carboxylic acids is 1. The van der Waals surface area contributed by atoms with Crippen molar-refractivity contribution in [2.24, 2.45) is 0 Å². The Hall–Kier alpha value is -3.11. The molecule has 1 aliphatic rings. The molecule has 2 aromatic rings. The van der Waals surface area contributed by atoms with Gasteiger partial charge in [-0.05, 0) is 31.0 Å². The van der Waals surface area contributed by atoms with E-state index in [-0.39, 0.29) is 12.2 Å². The molecule has 1 aromatic carbocycles. The summed E-state index contributed by atoms with van der Waals surface area (Å²) in [5.41, 5.74) is -0.491. The van der Waals surface area contributed by atoms with Crippen LogP contribution >= 0.6 is 0 Å². The van der Waals surface area contributed by atoms with Crippen LogP contribution in [0.3, 0.4) is 0 Å². The van der Waals surface area contributed by atoms with E-state index in [1.54, 1.807) is 6.20 Å². The topological polar surface area (TPSA) is 82.2 Å². The minimum absolute atomic E-state index is 0.170. The number of benzene rings is 1. The summed E-state index contributed by atoms with van der Waals surface area (Å²) in [5, 5.41) is 15.6. The van der Waals surface area contributed by atoms with Crippen molar-refractivity contribution in [3.63, 3.8) is 0 Å². The minimum Gasteiger partial charge on any atom is -0.370 e. The smallest absolute Gasteiger partial charge is 0.370 e. The van der Waals surface area contributed by atoms with Crippen molar-refractivity contribution in [1.29, 1.82) is 0 Å². The third kappa shape index (κ3) is 5.93. The van der Waals surface area contributed by atoms with Gasteiger partial charge < -0.3 is 20.9 Å². The third-order valence-corrected chi connectivity index (χ3v) is 4.31. The first kappa shape index (κ1) is 20.6. The van der Waals surface area contributed by atoms with Gasteiger partial charge in [0.15, 0.2) is 5.82 Å². The average Bonchev–Trinajstić information content (AvgIpc) is 3.19. The second-order valence-corrected chi connectivity index (χ2v) is 6.53. The van der Waals surface area contributed by atoms with Crippen LogP contribution in [0.1, 0.15) is 18.4 Å². The molecule has 1 saturated heterocycles. The average molecular weight is 412 g/mol. The number of hydrogen-bond donors (Lipinski definition) is 3. The fourth-order valence-electron chi connectivity index (χ4n) is 2.96. The highest BCUT2D eigenvalue weighted by Gasteiger charge is 2.31. The molecule has 0 aliphatic carbocycles. The number of urea groups is 1. The Labute approximate surface area is 164 Å². The molecule has 0 unspecified atom stereocenters. The number of hydrogen-bond acceptors (Lipinski definition) is 5. The van der Waals surface area contributed by atoms with Crippen molar-refractivity contribution in [2.45, 2.75) is 19.0 Å². The molecule has 0 saturated carbocycles. The first-order chi connectivity index (χ1) is 13.8. The van der Waals surface area contributed by atoms with Crippen LogP contribution in [-0.2, 0) is 6.18 Å². The van der Waals surface area contributed by atoms with E-state index in [9.17, 15) is 22.4 Å². The zero-order valence-corrected chi connectivity index (χ0v) is 15.4. The number of nitrogens with one attached hydrogen (secondary N) is 3. The number of rotatable bonds is 6. The standard InChI is InChI=1S/C18H20F4N6O/c19-13-7-12(18(20,21)22)8-14(9-13)26-17(29)24-4-3-23-16-10-15(11-25-27-16)28-5-1-2-6-28/h7-11H,1-6H2,(H,23,27)(H2,24,26,29). The lowest BCUT2D eigenvalue weighted by molar-refractivity contribution is -0.137. The lowest BCUT2D eigenvalue weighted by atomic mass is 10.2. The molecule has 11 heteroatoms. The van der Waals surface area contributed by atoms with E-state index in [2.05, 4.69) is 31.0 Å². The van der Waals surface area contributed by atoms with Crippen molar-refractivity contribution in [3.05, 3.63) is 41.8 Å². The Morgan fingerprint density at radius 1 is 1.10 bits per heavy atom. The van der Waals surface area contributed by atoms with E-state index in [4.69, 9.17) is 0 Å². The van der Waals surface area contributed by atoms with E-state index in [1.165, 1.54) is 0 Å². The second-order valence-electron chi connectivity index (χ2n) is 6.53. The molecule has 1 aromatic heterocycles. The quantitative estimate of drug-likeness (QED) is 0.500. The summed E-state index contributed by atoms with van der Waals surface area (Å²) in [6, 6.07) is 2.96. The zero-order valence-electron chi connectivity index (χ0n) is 15.4. The number of nitrogens with zero attached hydrogens (tertiary/aromatic N) is 3. The highest BCUT2D eigenvalue weighted by Crippen LogP contribution is 2.31. The van der Waals surface area contributed by atoms with Crippen molar-refractivity contribution >= 4 is 23.2 Å². The molecule has 29 heavy (non-hydrogen) atoms. The van der Waals surface area contributed by atoms with Crippen LogP contribution in [0.4, 0.5) is 39.5 Å². The van der Waals surface area contributed by atoms with Crippen LogP contribution in [0.25, 0.3) is 0 Å². The van der Waals surface area contributed by atoms with Crippen LogP contribution < -0.4 is 20.9 Å². The molecule has 156 valence electrons. The largest absolute Gasteiger partial charge is 0.416 e. The molecular formula is C18H20F4N6O. The number of carbonyl (C=O) groups is 1. The van der Waals surface area contributed by atoms with Gasteiger partial charge in [0.1, 0.15) is 5.82 Å². The number of amides is 2. The van der Waals surface area contributed by atoms with E-state index >= 15 is 0 Å². The van der Waals surface area contributed by atoms with Crippen molar-refractivity contribution in [3.8, 4) is 0 Å². The first-order valence-corrected chi connectivity index (χ1v) is 9.05. The Kier molecular flexibility index (Phi) is 6.35. The lowest BCUT2D eigenvalue weighted by Gasteiger charge is -2.17. The summed E-state index contributed by atoms with van der Waals surface area (Å²) in [6.45, 7) is 2.44. The molecule has 0 radical (unpaired) electrons. The number of anilines is 3. The fraction of sp³-hybridized carbons (Fsp3) is 0.389. The van der Waals surface area contributed by atoms with E-state index in [0.717, 1.165) is 37.7 Å². The maximum atomic E-state index is 13.3. The molecule has 7 nitrogen and oxygen atoms in total. The monoisotopic (exact) mass is 412 g/mol. The molecule has 0 atom stereocenters. The molecule has 1 aliphatic heterocycles. The molecule has 3 N–H and O–H groups in total. The summed E-state index contributed by atoms with van der Waals surface area (Å²) < 4.78 is 51.5. The van der Waals surface area contributed by atoms with Gasteiger partial charge in [0, 0.05) is 37.9 Å². The highest BCUT2D eigenvalue weighted by molar-refractivity contribution is 5.89. The zero-order chi connectivity index (χ0) is 20.9. The third-order valence-electron chi connectivity index (χ3n) is 4.31. The maximum absolute atomic E-state index is 13.3. The van der Waals surface area contributed by atoms with E-state index in [0.29, 0.717) is 24.5 Å². The number of aromatic nitrogens is 2. The van der Waals surface area contributed by atoms with Crippen LogP contribution in [0.2, 0.25) is 0 Å². The number of halogens is 4. The van der Waals surface area contributed by atoms with Gasteiger partial charge in [-0.3, -0.25) is 0 Å². The van der Waals surface area contributed by atoms with Gasteiger partial charge in [0.2, 0.25) is 0 Å². The molecule has 2 amide bonds. The normalized spacial score (nSPS) is 14.0. The summed E-state index contributed by atoms with van der Waals surface area (Å²) >= 11 is 0. The predicted octanol–water partition coefficient (Wildman–Crippen LogP) is 3.47. The summed E-state index contributed by atoms with van der Waals surface area (Å²) in [4.78, 5) is 14.0. The van der Waals surface area contributed by atoms with Crippen LogP contribution in [0.5, 0.6) is 0 Å². The van der Waals surface area contributed by atoms with Gasteiger partial charge >= 0.3 is 12.2 Å². The van der Waals surface area contributed by atoms with Gasteiger partial charge in [-0.1, -0.05) is 0 Å². The van der Waals surface area contributed by atoms with Gasteiger partial charge in [0.25, 0.3) is 0 Å².